The number of methoxy groups -OCH3 is 2. The van der Waals surface area contributed by atoms with Crippen molar-refractivity contribution in [3.8, 4) is 11.5 Å². The Kier molecular flexibility index (Phi) is 4.27. The van der Waals surface area contributed by atoms with Crippen LogP contribution < -0.4 is 14.8 Å². The number of rotatable bonds is 6. The zero-order valence-corrected chi connectivity index (χ0v) is 12.0. The van der Waals surface area contributed by atoms with Crippen LogP contribution in [-0.2, 0) is 13.6 Å². The van der Waals surface area contributed by atoms with Crippen LogP contribution in [0.3, 0.4) is 0 Å². The first-order chi connectivity index (χ1) is 10.1. The molecule has 0 saturated carbocycles. The Hall–Kier alpha value is -2.77. The van der Waals surface area contributed by atoms with Gasteiger partial charge >= 0.3 is 5.82 Å². The number of imidazole rings is 1. The Morgan fingerprint density at radius 1 is 1.38 bits per heavy atom. The lowest BCUT2D eigenvalue weighted by Crippen LogP contribution is -2.07. The van der Waals surface area contributed by atoms with Crippen molar-refractivity contribution >= 4 is 11.6 Å². The second-order valence-corrected chi connectivity index (χ2v) is 4.32. The second kappa shape index (κ2) is 6.12. The molecule has 1 aromatic carbocycles. The van der Waals surface area contributed by atoms with Gasteiger partial charge in [-0.3, -0.25) is 4.57 Å². The predicted octanol–water partition coefficient (Wildman–Crippen LogP) is 1.96. The first-order valence-corrected chi connectivity index (χ1v) is 6.17. The second-order valence-electron chi connectivity index (χ2n) is 4.32. The Morgan fingerprint density at radius 2 is 2.14 bits per heavy atom. The standard InChI is InChI=1S/C13H16N4O4/c1-16-8-15-13(17(18)19)12(16)14-7-9-6-10(20-2)4-5-11(9)21-3/h4-6,8,14H,7H2,1-3H3. The van der Waals surface area contributed by atoms with Gasteiger partial charge in [0.2, 0.25) is 12.1 Å². The van der Waals surface area contributed by atoms with Crippen molar-refractivity contribution in [3.63, 3.8) is 0 Å². The molecule has 8 nitrogen and oxygen atoms in total. The first kappa shape index (κ1) is 14.6. The number of hydrogen-bond donors (Lipinski definition) is 1. The summed E-state index contributed by atoms with van der Waals surface area (Å²) < 4.78 is 12.0. The quantitative estimate of drug-likeness (QED) is 0.646. The third kappa shape index (κ3) is 3.04. The number of nitrogens with one attached hydrogen (secondary N) is 1. The zero-order chi connectivity index (χ0) is 15.4. The molecular weight excluding hydrogens is 276 g/mol. The number of benzene rings is 1. The molecule has 1 aromatic heterocycles. The smallest absolute Gasteiger partial charge is 0.406 e. The van der Waals surface area contributed by atoms with Crippen molar-refractivity contribution in [1.29, 1.82) is 0 Å². The van der Waals surface area contributed by atoms with Gasteiger partial charge in [0, 0.05) is 19.2 Å². The summed E-state index contributed by atoms with van der Waals surface area (Å²) >= 11 is 0. The SMILES string of the molecule is COc1ccc(OC)c(CNc2c([N+](=O)[O-])ncn2C)c1. The maximum atomic E-state index is 10.9. The number of ether oxygens (including phenoxy) is 2. The number of aryl methyl sites for hydroxylation is 1. The molecule has 0 aliphatic rings. The van der Waals surface area contributed by atoms with E-state index in [0.29, 0.717) is 23.9 Å². The van der Waals surface area contributed by atoms with E-state index in [4.69, 9.17) is 9.47 Å². The highest BCUT2D eigenvalue weighted by Crippen LogP contribution is 2.27. The van der Waals surface area contributed by atoms with Crippen molar-refractivity contribution in [2.75, 3.05) is 19.5 Å². The summed E-state index contributed by atoms with van der Waals surface area (Å²) in [6.45, 7) is 0.348. The summed E-state index contributed by atoms with van der Waals surface area (Å²) in [4.78, 5) is 14.1. The van der Waals surface area contributed by atoms with Crippen LogP contribution in [0.15, 0.2) is 24.5 Å². The Morgan fingerprint density at radius 3 is 2.76 bits per heavy atom. The van der Waals surface area contributed by atoms with Crippen molar-refractivity contribution in [3.05, 3.63) is 40.2 Å². The molecule has 0 radical (unpaired) electrons. The van der Waals surface area contributed by atoms with Crippen molar-refractivity contribution in [2.24, 2.45) is 7.05 Å². The molecule has 8 heteroatoms. The Balaban J connectivity index is 2.24. The first-order valence-electron chi connectivity index (χ1n) is 6.17. The van der Waals surface area contributed by atoms with E-state index >= 15 is 0 Å². The molecule has 112 valence electrons. The highest BCUT2D eigenvalue weighted by molar-refractivity contribution is 5.53. The van der Waals surface area contributed by atoms with E-state index in [1.165, 1.54) is 6.33 Å². The minimum Gasteiger partial charge on any atom is -0.497 e. The number of anilines is 1. The molecule has 0 bridgehead atoms. The number of nitrogens with zero attached hydrogens (tertiary/aromatic N) is 3. The maximum absolute atomic E-state index is 10.9. The summed E-state index contributed by atoms with van der Waals surface area (Å²) in [5.41, 5.74) is 0.826. The van der Waals surface area contributed by atoms with Gasteiger partial charge in [-0.1, -0.05) is 0 Å². The fraction of sp³-hybridized carbons (Fsp3) is 0.308. The van der Waals surface area contributed by atoms with E-state index in [1.807, 2.05) is 6.07 Å². The number of nitro groups is 1. The van der Waals surface area contributed by atoms with Gasteiger partial charge in [-0.05, 0) is 28.1 Å². The van der Waals surface area contributed by atoms with Crippen LogP contribution in [0.5, 0.6) is 11.5 Å². The van der Waals surface area contributed by atoms with Gasteiger partial charge in [0.15, 0.2) is 0 Å². The highest BCUT2D eigenvalue weighted by Gasteiger charge is 2.20. The van der Waals surface area contributed by atoms with E-state index in [1.54, 1.807) is 38.0 Å². The molecule has 1 N–H and O–H groups in total. The van der Waals surface area contributed by atoms with Crippen LogP contribution in [-0.4, -0.2) is 28.7 Å². The summed E-state index contributed by atoms with van der Waals surface area (Å²) in [5, 5.41) is 13.9. The van der Waals surface area contributed by atoms with Gasteiger partial charge in [0.1, 0.15) is 11.5 Å². The Bertz CT molecular complexity index is 654. The fourth-order valence-electron chi connectivity index (χ4n) is 1.95. The van der Waals surface area contributed by atoms with Crippen LogP contribution in [0.2, 0.25) is 0 Å². The zero-order valence-electron chi connectivity index (χ0n) is 12.0. The minimum absolute atomic E-state index is 0.209. The van der Waals surface area contributed by atoms with E-state index < -0.39 is 4.92 Å². The van der Waals surface area contributed by atoms with Crippen molar-refractivity contribution in [2.45, 2.75) is 6.54 Å². The summed E-state index contributed by atoms with van der Waals surface area (Å²) in [7, 11) is 4.83. The lowest BCUT2D eigenvalue weighted by atomic mass is 10.2. The van der Waals surface area contributed by atoms with Crippen LogP contribution in [0, 0.1) is 10.1 Å². The van der Waals surface area contributed by atoms with Gasteiger partial charge < -0.3 is 24.9 Å². The molecule has 2 rings (SSSR count). The Labute approximate surface area is 121 Å². The average molecular weight is 292 g/mol. The summed E-state index contributed by atoms with van der Waals surface area (Å²) in [6.07, 6.45) is 1.39. The largest absolute Gasteiger partial charge is 0.497 e. The third-order valence-corrected chi connectivity index (χ3v) is 3.02. The minimum atomic E-state index is -0.523. The van der Waals surface area contributed by atoms with Gasteiger partial charge in [-0.25, -0.2) is 0 Å². The van der Waals surface area contributed by atoms with E-state index in [0.717, 1.165) is 5.56 Å². The van der Waals surface area contributed by atoms with Gasteiger partial charge in [-0.2, -0.15) is 0 Å². The van der Waals surface area contributed by atoms with Gasteiger partial charge in [0.25, 0.3) is 0 Å². The topological polar surface area (TPSA) is 91.4 Å². The molecule has 21 heavy (non-hydrogen) atoms. The van der Waals surface area contributed by atoms with Gasteiger partial charge in [0.05, 0.1) is 14.2 Å². The lowest BCUT2D eigenvalue weighted by Gasteiger charge is -2.12. The molecule has 0 fully saturated rings. The summed E-state index contributed by atoms with van der Waals surface area (Å²) in [5.74, 6) is 1.49. The molecule has 1 heterocycles. The number of aromatic nitrogens is 2. The molecule has 0 spiro atoms. The van der Waals surface area contributed by atoms with E-state index in [9.17, 15) is 10.1 Å². The van der Waals surface area contributed by atoms with E-state index in [-0.39, 0.29) is 5.82 Å². The maximum Gasteiger partial charge on any atom is 0.406 e. The normalized spacial score (nSPS) is 10.2. The van der Waals surface area contributed by atoms with Crippen molar-refractivity contribution in [1.82, 2.24) is 9.55 Å². The molecule has 0 amide bonds. The molecule has 0 saturated heterocycles. The lowest BCUT2D eigenvalue weighted by molar-refractivity contribution is -0.388. The van der Waals surface area contributed by atoms with Crippen molar-refractivity contribution < 1.29 is 14.4 Å². The monoisotopic (exact) mass is 292 g/mol. The van der Waals surface area contributed by atoms with Gasteiger partial charge in [-0.15, -0.1) is 0 Å². The molecular formula is C13H16N4O4. The molecule has 0 aliphatic heterocycles. The van der Waals surface area contributed by atoms with E-state index in [2.05, 4.69) is 10.3 Å². The average Bonchev–Trinajstić information content (AvgIpc) is 2.86. The predicted molar refractivity (Wildman–Crippen MR) is 76.7 cm³/mol. The summed E-state index contributed by atoms with van der Waals surface area (Å²) in [6, 6.07) is 5.39. The highest BCUT2D eigenvalue weighted by atomic mass is 16.6. The van der Waals surface area contributed by atoms with Crippen LogP contribution >= 0.6 is 0 Å². The number of hydrogen-bond acceptors (Lipinski definition) is 6. The molecule has 0 aliphatic carbocycles. The van der Waals surface area contributed by atoms with Crippen LogP contribution in [0.1, 0.15) is 5.56 Å². The van der Waals surface area contributed by atoms with Crippen LogP contribution in [0.25, 0.3) is 0 Å². The fourth-order valence-corrected chi connectivity index (χ4v) is 1.95. The third-order valence-electron chi connectivity index (χ3n) is 3.02. The molecule has 0 unspecified atom stereocenters. The molecule has 0 atom stereocenters. The molecule has 2 aromatic rings. The van der Waals surface area contributed by atoms with Crippen LogP contribution in [0.4, 0.5) is 11.6 Å².